The van der Waals surface area contributed by atoms with E-state index in [1.165, 1.54) is 30.6 Å². The van der Waals surface area contributed by atoms with Gasteiger partial charge in [-0.3, -0.25) is 0 Å². The van der Waals surface area contributed by atoms with Gasteiger partial charge >= 0.3 is 0 Å². The van der Waals surface area contributed by atoms with E-state index in [1.54, 1.807) is 11.3 Å². The van der Waals surface area contributed by atoms with E-state index in [1.807, 2.05) is 11.8 Å². The molecule has 0 aliphatic heterocycles. The zero-order valence-corrected chi connectivity index (χ0v) is 13.4. The molecule has 2 aromatic rings. The Kier molecular flexibility index (Phi) is 4.30. The van der Waals surface area contributed by atoms with Crippen LogP contribution >= 0.6 is 34.7 Å². The Hall–Kier alpha value is -0.320. The smallest absolute Gasteiger partial charge is 0.141 e. The van der Waals surface area contributed by atoms with Gasteiger partial charge in [0, 0.05) is 15.5 Å². The molecule has 2 heterocycles. The molecular formula is C14H17ClN2S2. The number of thioether (sulfide) groups is 1. The molecule has 0 spiro atoms. The quantitative estimate of drug-likeness (QED) is 0.736. The minimum atomic E-state index is 0.614. The third-order valence-corrected chi connectivity index (χ3v) is 6.37. The van der Waals surface area contributed by atoms with Crippen LogP contribution in [-0.2, 0) is 12.2 Å². The van der Waals surface area contributed by atoms with Crippen LogP contribution in [0.15, 0.2) is 6.07 Å². The number of fused-ring (bicyclic) bond motifs is 1. The Bertz CT molecular complexity index is 576. The van der Waals surface area contributed by atoms with Gasteiger partial charge in [0.15, 0.2) is 0 Å². The average molecular weight is 313 g/mol. The molecule has 0 atom stereocenters. The van der Waals surface area contributed by atoms with Crippen molar-refractivity contribution in [1.29, 1.82) is 0 Å². The maximum Gasteiger partial charge on any atom is 0.141 e. The van der Waals surface area contributed by atoms with Crippen LogP contribution in [0.1, 0.15) is 43.3 Å². The fourth-order valence-corrected chi connectivity index (χ4v) is 4.93. The largest absolute Gasteiger partial charge is 0.221 e. The minimum absolute atomic E-state index is 0.614. The summed E-state index contributed by atoms with van der Waals surface area (Å²) in [4.78, 5) is 11.5. The van der Waals surface area contributed by atoms with Crippen LogP contribution in [0.4, 0.5) is 0 Å². The summed E-state index contributed by atoms with van der Waals surface area (Å²) >= 11 is 10.0. The first-order chi connectivity index (χ1) is 9.26. The van der Waals surface area contributed by atoms with Gasteiger partial charge in [0.25, 0.3) is 0 Å². The Morgan fingerprint density at radius 1 is 1.37 bits per heavy atom. The molecule has 0 aromatic carbocycles. The molecule has 0 N–H and O–H groups in total. The normalized spacial score (nSPS) is 16.5. The van der Waals surface area contributed by atoms with E-state index in [9.17, 15) is 0 Å². The van der Waals surface area contributed by atoms with Gasteiger partial charge in [-0.1, -0.05) is 31.4 Å². The number of rotatable bonds is 4. The molecule has 1 saturated carbocycles. The van der Waals surface area contributed by atoms with Crippen molar-refractivity contribution >= 4 is 44.9 Å². The predicted octanol–water partition coefficient (Wildman–Crippen LogP) is 5.08. The molecule has 1 aliphatic rings. The molecule has 0 unspecified atom stereocenters. The van der Waals surface area contributed by atoms with E-state index < -0.39 is 0 Å². The molecule has 2 nitrogen and oxygen atoms in total. The molecule has 5 heteroatoms. The lowest BCUT2D eigenvalue weighted by Gasteiger charge is -2.07. The zero-order valence-electron chi connectivity index (χ0n) is 11.0. The van der Waals surface area contributed by atoms with E-state index in [0.29, 0.717) is 5.15 Å². The monoisotopic (exact) mass is 312 g/mol. The summed E-state index contributed by atoms with van der Waals surface area (Å²) in [5.74, 6) is 1.78. The van der Waals surface area contributed by atoms with Crippen LogP contribution in [0.5, 0.6) is 0 Å². The molecule has 2 aromatic heterocycles. The van der Waals surface area contributed by atoms with Crippen LogP contribution in [0, 0.1) is 0 Å². The number of thiophene rings is 1. The van der Waals surface area contributed by atoms with E-state index in [4.69, 9.17) is 11.6 Å². The summed E-state index contributed by atoms with van der Waals surface area (Å²) in [6.07, 6.45) is 6.48. The molecule has 0 amide bonds. The number of aromatic nitrogens is 2. The fourth-order valence-electron chi connectivity index (χ4n) is 2.46. The van der Waals surface area contributed by atoms with Crippen molar-refractivity contribution in [2.24, 2.45) is 0 Å². The van der Waals surface area contributed by atoms with Crippen LogP contribution in [0.2, 0.25) is 5.15 Å². The molecular weight excluding hydrogens is 296 g/mol. The van der Waals surface area contributed by atoms with Crippen molar-refractivity contribution in [3.05, 3.63) is 21.9 Å². The fraction of sp³-hybridized carbons (Fsp3) is 0.571. The van der Waals surface area contributed by atoms with Gasteiger partial charge in [0.2, 0.25) is 0 Å². The molecule has 0 radical (unpaired) electrons. The molecule has 0 bridgehead atoms. The molecule has 3 rings (SSSR count). The highest BCUT2D eigenvalue weighted by Crippen LogP contribution is 2.33. The lowest BCUT2D eigenvalue weighted by molar-refractivity contribution is 0.886. The van der Waals surface area contributed by atoms with Crippen LogP contribution in [0.25, 0.3) is 10.2 Å². The summed E-state index contributed by atoms with van der Waals surface area (Å²) in [7, 11) is 0. The van der Waals surface area contributed by atoms with Crippen molar-refractivity contribution in [3.8, 4) is 0 Å². The first-order valence-electron chi connectivity index (χ1n) is 6.82. The van der Waals surface area contributed by atoms with Crippen LogP contribution < -0.4 is 0 Å². The third-order valence-electron chi connectivity index (χ3n) is 3.54. The summed E-state index contributed by atoms with van der Waals surface area (Å²) < 4.78 is 0. The molecule has 1 fully saturated rings. The number of nitrogens with zero attached hydrogens (tertiary/aromatic N) is 2. The second-order valence-corrected chi connectivity index (χ2v) is 7.70. The molecule has 0 saturated heterocycles. The van der Waals surface area contributed by atoms with Gasteiger partial charge in [-0.05, 0) is 25.3 Å². The first-order valence-corrected chi connectivity index (χ1v) is 9.07. The lowest BCUT2D eigenvalue weighted by Crippen LogP contribution is -1.98. The maximum atomic E-state index is 6.27. The highest BCUT2D eigenvalue weighted by Gasteiger charge is 2.16. The second-order valence-electron chi connectivity index (χ2n) is 4.93. The van der Waals surface area contributed by atoms with Crippen molar-refractivity contribution in [3.63, 3.8) is 0 Å². The van der Waals surface area contributed by atoms with Gasteiger partial charge in [-0.25, -0.2) is 9.97 Å². The summed E-state index contributed by atoms with van der Waals surface area (Å²) in [6, 6.07) is 2.12. The van der Waals surface area contributed by atoms with Gasteiger partial charge < -0.3 is 0 Å². The second kappa shape index (κ2) is 5.98. The van der Waals surface area contributed by atoms with E-state index >= 15 is 0 Å². The standard InChI is InChI=1S/C14H17ClN2S2/c1-2-9-7-11-13(15)16-12(17-14(11)19-9)8-18-10-5-3-4-6-10/h7,10H,2-6,8H2,1H3. The number of hydrogen-bond acceptors (Lipinski definition) is 4. The summed E-state index contributed by atoms with van der Waals surface area (Å²) in [5.41, 5.74) is 0. The van der Waals surface area contributed by atoms with Crippen LogP contribution in [0.3, 0.4) is 0 Å². The number of aryl methyl sites for hydroxylation is 1. The average Bonchev–Trinajstić information content (AvgIpc) is 3.05. The van der Waals surface area contributed by atoms with Crippen LogP contribution in [-0.4, -0.2) is 15.2 Å². The highest BCUT2D eigenvalue weighted by molar-refractivity contribution is 7.99. The van der Waals surface area contributed by atoms with Crippen molar-refractivity contribution in [2.75, 3.05) is 0 Å². The lowest BCUT2D eigenvalue weighted by atomic mass is 10.3. The van der Waals surface area contributed by atoms with Crippen molar-refractivity contribution < 1.29 is 0 Å². The number of hydrogen-bond donors (Lipinski definition) is 0. The van der Waals surface area contributed by atoms with Gasteiger partial charge in [0.05, 0.1) is 5.75 Å². The number of halogens is 1. The zero-order chi connectivity index (χ0) is 13.2. The molecule has 19 heavy (non-hydrogen) atoms. The predicted molar refractivity (Wildman–Crippen MR) is 85.4 cm³/mol. The van der Waals surface area contributed by atoms with E-state index in [2.05, 4.69) is 23.0 Å². The molecule has 102 valence electrons. The Morgan fingerprint density at radius 3 is 2.89 bits per heavy atom. The van der Waals surface area contributed by atoms with Gasteiger partial charge in [-0.2, -0.15) is 11.8 Å². The third kappa shape index (κ3) is 3.06. The van der Waals surface area contributed by atoms with E-state index in [0.717, 1.165) is 33.5 Å². The SMILES string of the molecule is CCc1cc2c(Cl)nc(CSC3CCCC3)nc2s1. The topological polar surface area (TPSA) is 25.8 Å². The van der Waals surface area contributed by atoms with Crippen molar-refractivity contribution in [2.45, 2.75) is 50.0 Å². The van der Waals surface area contributed by atoms with Gasteiger partial charge in [-0.15, -0.1) is 11.3 Å². The Balaban J connectivity index is 1.79. The maximum absolute atomic E-state index is 6.27. The summed E-state index contributed by atoms with van der Waals surface area (Å²) in [6.45, 7) is 2.16. The van der Waals surface area contributed by atoms with Gasteiger partial charge in [0.1, 0.15) is 15.8 Å². The minimum Gasteiger partial charge on any atom is -0.221 e. The summed E-state index contributed by atoms with van der Waals surface area (Å²) in [5, 5.41) is 2.42. The Morgan fingerprint density at radius 2 is 2.16 bits per heavy atom. The first kappa shape index (κ1) is 13.7. The highest BCUT2D eigenvalue weighted by atomic mass is 35.5. The van der Waals surface area contributed by atoms with E-state index in [-0.39, 0.29) is 0 Å². The Labute approximate surface area is 127 Å². The van der Waals surface area contributed by atoms with Crippen molar-refractivity contribution in [1.82, 2.24) is 9.97 Å². The molecule has 1 aliphatic carbocycles.